The van der Waals surface area contributed by atoms with Gasteiger partial charge in [-0.2, -0.15) is 0 Å². The summed E-state index contributed by atoms with van der Waals surface area (Å²) in [5.74, 6) is -0.214. The van der Waals surface area contributed by atoms with Gasteiger partial charge in [-0.3, -0.25) is 19.5 Å². The number of nitro benzene ring substituents is 1. The third-order valence-electron chi connectivity index (χ3n) is 5.47. The quantitative estimate of drug-likeness (QED) is 0.492. The summed E-state index contributed by atoms with van der Waals surface area (Å²) in [6, 6.07) is 4.06. The number of halogens is 1. The van der Waals surface area contributed by atoms with Crippen LogP contribution < -0.4 is 16.8 Å². The first-order valence-electron chi connectivity index (χ1n) is 9.77. The molecule has 1 aliphatic rings. The summed E-state index contributed by atoms with van der Waals surface area (Å²) in [5.41, 5.74) is 6.37. The zero-order valence-corrected chi connectivity index (χ0v) is 17.0. The summed E-state index contributed by atoms with van der Waals surface area (Å²) in [6.07, 6.45) is 6.56. The van der Waals surface area contributed by atoms with E-state index >= 15 is 0 Å². The predicted octanol–water partition coefficient (Wildman–Crippen LogP) is 2.73. The molecule has 3 rings (SSSR count). The topological polar surface area (TPSA) is 133 Å². The van der Waals surface area contributed by atoms with Crippen LogP contribution in [-0.2, 0) is 11.3 Å². The Morgan fingerprint density at radius 3 is 2.72 bits per heavy atom. The Bertz CT molecular complexity index is 904. The number of aryl methyl sites for hydroxylation is 1. The monoisotopic (exact) mass is 426 g/mol. The van der Waals surface area contributed by atoms with E-state index < -0.39 is 10.7 Å². The van der Waals surface area contributed by atoms with Gasteiger partial charge in [-0.25, -0.2) is 4.79 Å². The first kappa shape index (κ1) is 22.9. The van der Waals surface area contributed by atoms with E-state index in [1.54, 1.807) is 0 Å². The number of nitrogens with zero attached hydrogens (tertiary/aromatic N) is 2. The van der Waals surface area contributed by atoms with Crippen LogP contribution >= 0.6 is 12.4 Å². The van der Waals surface area contributed by atoms with E-state index in [9.17, 15) is 19.7 Å². The molecule has 0 aliphatic heterocycles. The van der Waals surface area contributed by atoms with Crippen molar-refractivity contribution >= 4 is 35.1 Å². The number of nitrogens with two attached hydrogens (primary N) is 1. The van der Waals surface area contributed by atoms with Gasteiger partial charge >= 0.3 is 5.76 Å². The molecular weight excluding hydrogens is 400 g/mol. The Balaban J connectivity index is 0.00000300. The van der Waals surface area contributed by atoms with E-state index in [0.29, 0.717) is 30.9 Å². The van der Waals surface area contributed by atoms with Gasteiger partial charge in [0.25, 0.3) is 5.69 Å². The molecule has 0 spiro atoms. The fraction of sp³-hybridized carbons (Fsp3) is 0.579. The molecule has 1 aliphatic carbocycles. The second-order valence-electron chi connectivity index (χ2n) is 7.34. The van der Waals surface area contributed by atoms with Gasteiger partial charge in [0.15, 0.2) is 5.58 Å². The van der Waals surface area contributed by atoms with Crippen molar-refractivity contribution in [1.82, 2.24) is 9.88 Å². The van der Waals surface area contributed by atoms with Crippen molar-refractivity contribution in [2.24, 2.45) is 11.7 Å². The van der Waals surface area contributed by atoms with Crippen molar-refractivity contribution in [2.45, 2.75) is 57.5 Å². The molecule has 29 heavy (non-hydrogen) atoms. The van der Waals surface area contributed by atoms with Gasteiger partial charge in [0.1, 0.15) is 0 Å². The van der Waals surface area contributed by atoms with Crippen LogP contribution in [0.15, 0.2) is 27.4 Å². The molecule has 1 aromatic carbocycles. The largest absolute Gasteiger partial charge is 0.419 e. The zero-order valence-electron chi connectivity index (χ0n) is 16.2. The number of hydrogen-bond acceptors (Lipinski definition) is 6. The lowest BCUT2D eigenvalue weighted by Crippen LogP contribution is -2.45. The number of amides is 1. The third kappa shape index (κ3) is 5.57. The molecule has 3 N–H and O–H groups in total. The summed E-state index contributed by atoms with van der Waals surface area (Å²) < 4.78 is 6.49. The van der Waals surface area contributed by atoms with Crippen LogP contribution in [0, 0.1) is 16.0 Å². The van der Waals surface area contributed by atoms with E-state index in [0.717, 1.165) is 12.8 Å². The van der Waals surface area contributed by atoms with Crippen LogP contribution in [-0.4, -0.2) is 28.0 Å². The highest BCUT2D eigenvalue weighted by Gasteiger charge is 2.24. The van der Waals surface area contributed by atoms with Crippen molar-refractivity contribution in [1.29, 1.82) is 0 Å². The van der Waals surface area contributed by atoms with Crippen LogP contribution in [0.5, 0.6) is 0 Å². The molecule has 0 saturated heterocycles. The number of oxazole rings is 1. The summed E-state index contributed by atoms with van der Waals surface area (Å²) in [6.45, 7) is 0.731. The predicted molar refractivity (Wildman–Crippen MR) is 111 cm³/mol. The van der Waals surface area contributed by atoms with Crippen molar-refractivity contribution in [2.75, 3.05) is 6.54 Å². The van der Waals surface area contributed by atoms with Crippen molar-refractivity contribution in [3.8, 4) is 0 Å². The van der Waals surface area contributed by atoms with Gasteiger partial charge in [0.05, 0.1) is 16.5 Å². The molecule has 1 amide bonds. The van der Waals surface area contributed by atoms with Gasteiger partial charge in [-0.05, 0) is 31.2 Å². The van der Waals surface area contributed by atoms with Crippen LogP contribution in [0.25, 0.3) is 11.1 Å². The number of nitrogens with one attached hydrogen (secondary N) is 1. The Morgan fingerprint density at radius 2 is 2.07 bits per heavy atom. The molecule has 1 heterocycles. The van der Waals surface area contributed by atoms with Gasteiger partial charge in [0.2, 0.25) is 5.91 Å². The smallest absolute Gasteiger partial charge is 0.407 e. The highest BCUT2D eigenvalue weighted by atomic mass is 35.5. The number of non-ortho nitro benzene ring substituents is 1. The van der Waals surface area contributed by atoms with Gasteiger partial charge < -0.3 is 15.5 Å². The molecule has 0 radical (unpaired) electrons. The molecular formula is C19H27ClN4O5. The van der Waals surface area contributed by atoms with Crippen LogP contribution in [0.1, 0.15) is 44.9 Å². The lowest BCUT2D eigenvalue weighted by atomic mass is 9.84. The van der Waals surface area contributed by atoms with Gasteiger partial charge in [-0.1, -0.05) is 19.3 Å². The lowest BCUT2D eigenvalue weighted by Gasteiger charge is -2.30. The summed E-state index contributed by atoms with van der Waals surface area (Å²) in [5, 5.41) is 13.9. The highest BCUT2D eigenvalue weighted by Crippen LogP contribution is 2.26. The second-order valence-corrected chi connectivity index (χ2v) is 7.34. The number of carbonyl (C=O) groups is 1. The van der Waals surface area contributed by atoms with E-state index in [4.69, 9.17) is 10.2 Å². The highest BCUT2D eigenvalue weighted by molar-refractivity contribution is 5.85. The first-order valence-corrected chi connectivity index (χ1v) is 9.77. The second kappa shape index (κ2) is 10.4. The van der Waals surface area contributed by atoms with Crippen LogP contribution in [0.4, 0.5) is 5.69 Å². The van der Waals surface area contributed by atoms with E-state index in [-0.39, 0.29) is 42.0 Å². The number of fused-ring (bicyclic) bond motifs is 1. The fourth-order valence-corrected chi connectivity index (χ4v) is 3.96. The maximum absolute atomic E-state index is 12.3. The van der Waals surface area contributed by atoms with E-state index in [1.807, 2.05) is 0 Å². The Morgan fingerprint density at radius 1 is 1.34 bits per heavy atom. The zero-order chi connectivity index (χ0) is 20.1. The van der Waals surface area contributed by atoms with Crippen molar-refractivity contribution in [3.05, 3.63) is 38.9 Å². The molecule has 10 heteroatoms. The Labute approximate surface area is 174 Å². The SMILES string of the molecule is Cl.NCC(NC(=O)CCCn1c(=O)oc2cc([N+](=O)[O-])ccc21)C1CCCCC1. The molecule has 1 atom stereocenters. The summed E-state index contributed by atoms with van der Waals surface area (Å²) in [4.78, 5) is 34.6. The Kier molecular flexibility index (Phi) is 8.21. The molecule has 1 fully saturated rings. The minimum absolute atomic E-state index is 0. The van der Waals surface area contributed by atoms with Crippen LogP contribution in [0.3, 0.4) is 0 Å². The number of benzene rings is 1. The average molecular weight is 427 g/mol. The maximum Gasteiger partial charge on any atom is 0.419 e. The molecule has 1 saturated carbocycles. The van der Waals surface area contributed by atoms with Crippen LogP contribution in [0.2, 0.25) is 0 Å². The normalized spacial score (nSPS) is 15.6. The number of rotatable bonds is 8. The molecule has 160 valence electrons. The van der Waals surface area contributed by atoms with Gasteiger partial charge in [-0.15, -0.1) is 12.4 Å². The number of nitro groups is 1. The van der Waals surface area contributed by atoms with Crippen molar-refractivity contribution < 1.29 is 14.1 Å². The van der Waals surface area contributed by atoms with E-state index in [1.165, 1.54) is 42.0 Å². The molecule has 1 aromatic heterocycles. The molecule has 9 nitrogen and oxygen atoms in total. The minimum atomic E-state index is -0.585. The number of hydrogen-bond donors (Lipinski definition) is 2. The van der Waals surface area contributed by atoms with Gasteiger partial charge in [0, 0.05) is 31.6 Å². The average Bonchev–Trinajstić information content (AvgIpc) is 3.01. The molecule has 2 aromatic rings. The molecule has 0 bridgehead atoms. The van der Waals surface area contributed by atoms with E-state index in [2.05, 4.69) is 5.32 Å². The third-order valence-corrected chi connectivity index (χ3v) is 5.47. The fourth-order valence-electron chi connectivity index (χ4n) is 3.96. The summed E-state index contributed by atoms with van der Waals surface area (Å²) >= 11 is 0. The Hall–Kier alpha value is -2.39. The standard InChI is InChI=1S/C19H26N4O5.ClH/c20-12-15(13-5-2-1-3-6-13)21-18(24)7-4-10-22-16-9-8-14(23(26)27)11-17(16)28-19(22)25;/h8-9,11,13,15H,1-7,10,12,20H2,(H,21,24);1H. The maximum atomic E-state index is 12.3. The minimum Gasteiger partial charge on any atom is -0.407 e. The summed E-state index contributed by atoms with van der Waals surface area (Å²) in [7, 11) is 0. The lowest BCUT2D eigenvalue weighted by molar-refractivity contribution is -0.384. The number of carbonyl (C=O) groups excluding carboxylic acids is 1. The molecule has 1 unspecified atom stereocenters. The number of aromatic nitrogens is 1. The van der Waals surface area contributed by atoms with Crippen molar-refractivity contribution in [3.63, 3.8) is 0 Å². The first-order chi connectivity index (χ1) is 13.5.